The Morgan fingerprint density at radius 2 is 2.33 bits per heavy atom. The molecule has 0 saturated heterocycles. The van der Waals surface area contributed by atoms with Crippen LogP contribution in [0.1, 0.15) is 23.0 Å². The lowest BCUT2D eigenvalue weighted by atomic mass is 10.1. The van der Waals surface area contributed by atoms with E-state index in [9.17, 15) is 4.79 Å². The Labute approximate surface area is 104 Å². The van der Waals surface area contributed by atoms with Crippen molar-refractivity contribution in [3.05, 3.63) is 41.5 Å². The molecule has 1 aliphatic rings. The van der Waals surface area contributed by atoms with Gasteiger partial charge in [0.15, 0.2) is 0 Å². The summed E-state index contributed by atoms with van der Waals surface area (Å²) in [4.78, 5) is 15.9. The number of nitrogens with zero attached hydrogens (tertiary/aromatic N) is 2. The maximum Gasteiger partial charge on any atom is 0.246 e. The Morgan fingerprint density at radius 3 is 3.11 bits per heavy atom. The zero-order chi connectivity index (χ0) is 12.5. The van der Waals surface area contributed by atoms with E-state index in [1.807, 2.05) is 25.1 Å². The highest BCUT2D eigenvalue weighted by molar-refractivity contribution is 6.03. The minimum atomic E-state index is -0.329. The van der Waals surface area contributed by atoms with Crippen molar-refractivity contribution in [2.24, 2.45) is 0 Å². The number of hydrogen-bond acceptors (Lipinski definition) is 4. The lowest BCUT2D eigenvalue weighted by Gasteiger charge is -2.10. The standard InChI is InChI=1S/C12H13N5O/c1-7-3-2-4-8-10(7)16-12(18)11(8)13-5-9-14-6-15-17-9/h2-4,6,11,13H,5H2,1H3,(H,16,18)(H,14,15,17). The van der Waals surface area contributed by atoms with Crippen LogP contribution in [0.25, 0.3) is 0 Å². The number of carbonyl (C=O) groups is 1. The molecule has 92 valence electrons. The average molecular weight is 243 g/mol. The van der Waals surface area contributed by atoms with Gasteiger partial charge >= 0.3 is 0 Å². The van der Waals surface area contributed by atoms with Gasteiger partial charge in [-0.2, -0.15) is 5.10 Å². The van der Waals surface area contributed by atoms with E-state index in [0.29, 0.717) is 12.4 Å². The number of aromatic amines is 1. The number of para-hydroxylation sites is 1. The minimum absolute atomic E-state index is 0.0289. The van der Waals surface area contributed by atoms with Crippen molar-refractivity contribution in [2.45, 2.75) is 19.5 Å². The van der Waals surface area contributed by atoms with Gasteiger partial charge < -0.3 is 5.32 Å². The van der Waals surface area contributed by atoms with Crippen LogP contribution in [0, 0.1) is 6.92 Å². The Kier molecular flexibility index (Phi) is 2.56. The normalized spacial score (nSPS) is 17.6. The molecule has 3 N–H and O–H groups in total. The number of amides is 1. The van der Waals surface area contributed by atoms with Gasteiger partial charge in [-0.3, -0.25) is 15.2 Å². The Hall–Kier alpha value is -2.21. The predicted octanol–water partition coefficient (Wildman–Crippen LogP) is 0.896. The fraction of sp³-hybridized carbons (Fsp3) is 0.250. The number of carbonyl (C=O) groups excluding carboxylic acids is 1. The van der Waals surface area contributed by atoms with Crippen molar-refractivity contribution < 1.29 is 4.79 Å². The maximum absolute atomic E-state index is 11.9. The summed E-state index contributed by atoms with van der Waals surface area (Å²) >= 11 is 0. The third-order valence-electron chi connectivity index (χ3n) is 3.06. The maximum atomic E-state index is 11.9. The molecule has 0 spiro atoms. The van der Waals surface area contributed by atoms with Gasteiger partial charge in [-0.1, -0.05) is 18.2 Å². The molecule has 3 rings (SSSR count). The summed E-state index contributed by atoms with van der Waals surface area (Å²) in [5.41, 5.74) is 2.97. The number of benzene rings is 1. The molecule has 1 aromatic heterocycles. The van der Waals surface area contributed by atoms with Gasteiger partial charge in [0, 0.05) is 11.3 Å². The first-order valence-corrected chi connectivity index (χ1v) is 5.73. The Morgan fingerprint density at radius 1 is 1.44 bits per heavy atom. The van der Waals surface area contributed by atoms with Crippen LogP contribution in [-0.4, -0.2) is 21.1 Å². The first-order chi connectivity index (χ1) is 8.75. The number of anilines is 1. The van der Waals surface area contributed by atoms with Crippen LogP contribution in [-0.2, 0) is 11.3 Å². The van der Waals surface area contributed by atoms with Crippen molar-refractivity contribution in [1.82, 2.24) is 20.5 Å². The van der Waals surface area contributed by atoms with Crippen molar-refractivity contribution in [3.8, 4) is 0 Å². The highest BCUT2D eigenvalue weighted by atomic mass is 16.2. The summed E-state index contributed by atoms with van der Waals surface area (Å²) in [5.74, 6) is 0.683. The summed E-state index contributed by atoms with van der Waals surface area (Å²) in [6, 6.07) is 5.57. The Bertz CT molecular complexity index is 578. The topological polar surface area (TPSA) is 82.7 Å². The summed E-state index contributed by atoms with van der Waals surface area (Å²) < 4.78 is 0. The zero-order valence-electron chi connectivity index (χ0n) is 9.90. The van der Waals surface area contributed by atoms with Gasteiger partial charge in [0.1, 0.15) is 18.2 Å². The highest BCUT2D eigenvalue weighted by Crippen LogP contribution is 2.33. The van der Waals surface area contributed by atoms with E-state index >= 15 is 0 Å². The number of rotatable bonds is 3. The predicted molar refractivity (Wildman–Crippen MR) is 65.8 cm³/mol. The number of H-pyrrole nitrogens is 1. The molecule has 1 aromatic carbocycles. The zero-order valence-corrected chi connectivity index (χ0v) is 9.90. The van der Waals surface area contributed by atoms with Crippen LogP contribution in [0.2, 0.25) is 0 Å². The molecule has 6 heteroatoms. The molecule has 2 heterocycles. The van der Waals surface area contributed by atoms with E-state index in [-0.39, 0.29) is 11.9 Å². The molecular weight excluding hydrogens is 230 g/mol. The van der Waals surface area contributed by atoms with Crippen LogP contribution in [0.5, 0.6) is 0 Å². The largest absolute Gasteiger partial charge is 0.324 e. The summed E-state index contributed by atoms with van der Waals surface area (Å²) in [6.07, 6.45) is 1.45. The highest BCUT2D eigenvalue weighted by Gasteiger charge is 2.30. The van der Waals surface area contributed by atoms with Crippen LogP contribution in [0.3, 0.4) is 0 Å². The van der Waals surface area contributed by atoms with Crippen molar-refractivity contribution in [1.29, 1.82) is 0 Å². The number of hydrogen-bond donors (Lipinski definition) is 3. The second kappa shape index (κ2) is 4.23. The number of fused-ring (bicyclic) bond motifs is 1. The monoisotopic (exact) mass is 243 g/mol. The van der Waals surface area contributed by atoms with Gasteiger partial charge in [-0.25, -0.2) is 4.98 Å². The van der Waals surface area contributed by atoms with Crippen molar-refractivity contribution in [2.75, 3.05) is 5.32 Å². The van der Waals surface area contributed by atoms with E-state index < -0.39 is 0 Å². The van der Waals surface area contributed by atoms with E-state index in [4.69, 9.17) is 0 Å². The van der Waals surface area contributed by atoms with Gasteiger partial charge in [-0.05, 0) is 12.5 Å². The van der Waals surface area contributed by atoms with Crippen LogP contribution < -0.4 is 10.6 Å². The molecule has 0 saturated carbocycles. The molecule has 1 amide bonds. The quantitative estimate of drug-likeness (QED) is 0.747. The van der Waals surface area contributed by atoms with E-state index in [0.717, 1.165) is 16.8 Å². The van der Waals surface area contributed by atoms with Crippen molar-refractivity contribution in [3.63, 3.8) is 0 Å². The molecule has 1 atom stereocenters. The minimum Gasteiger partial charge on any atom is -0.324 e. The first kappa shape index (κ1) is 10.9. The summed E-state index contributed by atoms with van der Waals surface area (Å²) in [5, 5.41) is 12.6. The molecule has 0 radical (unpaired) electrons. The fourth-order valence-corrected chi connectivity index (χ4v) is 2.16. The smallest absolute Gasteiger partial charge is 0.246 e. The van der Waals surface area contributed by atoms with Crippen LogP contribution >= 0.6 is 0 Å². The fourth-order valence-electron chi connectivity index (χ4n) is 2.16. The molecular formula is C12H13N5O. The lowest BCUT2D eigenvalue weighted by Crippen LogP contribution is -2.27. The van der Waals surface area contributed by atoms with Gasteiger partial charge in [-0.15, -0.1) is 0 Å². The van der Waals surface area contributed by atoms with Gasteiger partial charge in [0.25, 0.3) is 0 Å². The molecule has 2 aromatic rings. The van der Waals surface area contributed by atoms with Gasteiger partial charge in [0.05, 0.1) is 6.54 Å². The summed E-state index contributed by atoms with van der Waals surface area (Å²) in [7, 11) is 0. The molecule has 6 nitrogen and oxygen atoms in total. The average Bonchev–Trinajstić information content (AvgIpc) is 2.95. The molecule has 1 unspecified atom stereocenters. The number of aromatic nitrogens is 3. The Balaban J connectivity index is 1.81. The van der Waals surface area contributed by atoms with Crippen LogP contribution in [0.15, 0.2) is 24.5 Å². The molecule has 0 fully saturated rings. The number of nitrogens with one attached hydrogen (secondary N) is 3. The second-order valence-corrected chi connectivity index (χ2v) is 4.27. The third-order valence-corrected chi connectivity index (χ3v) is 3.06. The van der Waals surface area contributed by atoms with Crippen molar-refractivity contribution >= 4 is 11.6 Å². The number of aryl methyl sites for hydroxylation is 1. The first-order valence-electron chi connectivity index (χ1n) is 5.73. The summed E-state index contributed by atoms with van der Waals surface area (Å²) in [6.45, 7) is 2.46. The third kappa shape index (κ3) is 1.76. The van der Waals surface area contributed by atoms with E-state index in [1.54, 1.807) is 0 Å². The molecule has 1 aliphatic heterocycles. The molecule has 18 heavy (non-hydrogen) atoms. The van der Waals surface area contributed by atoms with Crippen LogP contribution in [0.4, 0.5) is 5.69 Å². The second-order valence-electron chi connectivity index (χ2n) is 4.27. The van der Waals surface area contributed by atoms with E-state index in [2.05, 4.69) is 25.8 Å². The SMILES string of the molecule is Cc1cccc2c1NC(=O)C2NCc1ncn[nH]1. The van der Waals surface area contributed by atoms with Gasteiger partial charge in [0.2, 0.25) is 5.91 Å². The molecule has 0 aliphatic carbocycles. The van der Waals surface area contributed by atoms with E-state index in [1.165, 1.54) is 6.33 Å². The lowest BCUT2D eigenvalue weighted by molar-refractivity contribution is -0.117. The molecule has 0 bridgehead atoms.